The highest BCUT2D eigenvalue weighted by Gasteiger charge is 2.13. The number of nitrogen functional groups attached to an aromatic ring is 1. The van der Waals surface area contributed by atoms with E-state index >= 15 is 0 Å². The van der Waals surface area contributed by atoms with Crippen LogP contribution in [0.5, 0.6) is 17.2 Å². The minimum absolute atomic E-state index is 0.00714. The van der Waals surface area contributed by atoms with E-state index in [9.17, 15) is 5.11 Å². The average Bonchev–Trinajstić information content (AvgIpc) is 2.94. The zero-order valence-corrected chi connectivity index (χ0v) is 11.9. The maximum Gasteiger partial charge on any atom is 0.224 e. The monoisotopic (exact) mass is 307 g/mol. The lowest BCUT2D eigenvalue weighted by Gasteiger charge is -2.08. The van der Waals surface area contributed by atoms with E-state index in [0.29, 0.717) is 5.56 Å². The van der Waals surface area contributed by atoms with Crippen LogP contribution in [0.1, 0.15) is 11.3 Å². The SMILES string of the molecule is COc1cc(C=[NH+]N=C(N)c2nonc2N)cc(OC)c1O. The number of aromatic nitrogens is 2. The van der Waals surface area contributed by atoms with E-state index in [1.54, 1.807) is 12.1 Å². The van der Waals surface area contributed by atoms with Crippen LogP contribution >= 0.6 is 0 Å². The number of hydrogen-bond acceptors (Lipinski definition) is 8. The van der Waals surface area contributed by atoms with Gasteiger partial charge in [-0.1, -0.05) is 0 Å². The fraction of sp³-hybridized carbons (Fsp3) is 0.167. The van der Waals surface area contributed by atoms with Gasteiger partial charge < -0.3 is 26.0 Å². The van der Waals surface area contributed by atoms with E-state index in [0.717, 1.165) is 0 Å². The minimum Gasteiger partial charge on any atom is -0.502 e. The summed E-state index contributed by atoms with van der Waals surface area (Å²) >= 11 is 0. The molecule has 0 aliphatic carbocycles. The number of aromatic hydroxyl groups is 1. The number of anilines is 1. The largest absolute Gasteiger partial charge is 0.502 e. The van der Waals surface area contributed by atoms with Gasteiger partial charge in [-0.2, -0.15) is 0 Å². The van der Waals surface area contributed by atoms with Crippen LogP contribution in [0.2, 0.25) is 0 Å². The highest BCUT2D eigenvalue weighted by molar-refractivity contribution is 5.98. The molecule has 0 aliphatic heterocycles. The van der Waals surface area contributed by atoms with Gasteiger partial charge in [-0.05, 0) is 22.4 Å². The Morgan fingerprint density at radius 3 is 2.45 bits per heavy atom. The molecule has 2 rings (SSSR count). The van der Waals surface area contributed by atoms with Gasteiger partial charge in [0.05, 0.1) is 14.2 Å². The third kappa shape index (κ3) is 3.06. The summed E-state index contributed by atoms with van der Waals surface area (Å²) in [4.78, 5) is 0. The molecule has 22 heavy (non-hydrogen) atoms. The first-order valence-electron chi connectivity index (χ1n) is 6.02. The molecule has 10 nitrogen and oxygen atoms in total. The van der Waals surface area contributed by atoms with Crippen LogP contribution in [-0.4, -0.2) is 41.7 Å². The summed E-state index contributed by atoms with van der Waals surface area (Å²) in [5.74, 6) is 0.471. The molecule has 116 valence electrons. The first-order valence-corrected chi connectivity index (χ1v) is 6.02. The molecule has 0 aliphatic rings. The number of amidine groups is 1. The smallest absolute Gasteiger partial charge is 0.224 e. The van der Waals surface area contributed by atoms with E-state index in [1.165, 1.54) is 20.4 Å². The summed E-state index contributed by atoms with van der Waals surface area (Å²) in [5, 5.41) is 23.2. The normalized spacial score (nSPS) is 11.8. The van der Waals surface area contributed by atoms with Gasteiger partial charge in [-0.3, -0.25) is 0 Å². The number of nitrogens with two attached hydrogens (primary N) is 2. The Hall–Kier alpha value is -3.30. The maximum atomic E-state index is 9.81. The second kappa shape index (κ2) is 6.43. The van der Waals surface area contributed by atoms with Crippen molar-refractivity contribution in [1.82, 2.24) is 10.3 Å². The lowest BCUT2D eigenvalue weighted by molar-refractivity contribution is -0.456. The predicted molar refractivity (Wildman–Crippen MR) is 76.8 cm³/mol. The van der Waals surface area contributed by atoms with Gasteiger partial charge in [0.2, 0.25) is 17.8 Å². The van der Waals surface area contributed by atoms with Crippen LogP contribution in [-0.2, 0) is 0 Å². The first-order chi connectivity index (χ1) is 10.6. The molecule has 0 saturated heterocycles. The second-order valence-electron chi connectivity index (χ2n) is 4.04. The topological polar surface area (TPSA) is 156 Å². The summed E-state index contributed by atoms with van der Waals surface area (Å²) in [6.07, 6.45) is 1.51. The van der Waals surface area contributed by atoms with Crippen LogP contribution in [0.25, 0.3) is 0 Å². The Bertz CT molecular complexity index is 699. The van der Waals surface area contributed by atoms with Gasteiger partial charge in [-0.25, -0.2) is 4.63 Å². The van der Waals surface area contributed by atoms with Crippen LogP contribution in [0.3, 0.4) is 0 Å². The number of hydrazone groups is 1. The third-order valence-corrected chi connectivity index (χ3v) is 2.67. The summed E-state index contributed by atoms with van der Waals surface area (Å²) < 4.78 is 14.5. The van der Waals surface area contributed by atoms with Gasteiger partial charge in [0.1, 0.15) is 0 Å². The van der Waals surface area contributed by atoms with Crippen molar-refractivity contribution in [2.75, 3.05) is 20.0 Å². The lowest BCUT2D eigenvalue weighted by atomic mass is 10.2. The Kier molecular flexibility index (Phi) is 4.41. The number of phenolic OH excluding ortho intramolecular Hbond substituents is 1. The van der Waals surface area contributed by atoms with Gasteiger partial charge >= 0.3 is 0 Å². The van der Waals surface area contributed by atoms with Crippen LogP contribution < -0.4 is 26.0 Å². The molecule has 6 N–H and O–H groups in total. The fourth-order valence-electron chi connectivity index (χ4n) is 1.60. The zero-order valence-electron chi connectivity index (χ0n) is 11.9. The Labute approximate surface area is 125 Å². The van der Waals surface area contributed by atoms with Crippen LogP contribution in [0, 0.1) is 0 Å². The molecule has 2 aromatic rings. The number of methoxy groups -OCH3 is 2. The van der Waals surface area contributed by atoms with Crippen molar-refractivity contribution in [3.63, 3.8) is 0 Å². The molecule has 1 aromatic carbocycles. The number of phenols is 1. The summed E-state index contributed by atoms with van der Waals surface area (Å²) in [5.41, 5.74) is 11.9. The van der Waals surface area contributed by atoms with Crippen molar-refractivity contribution in [3.8, 4) is 17.2 Å². The quantitative estimate of drug-likeness (QED) is 0.286. The zero-order chi connectivity index (χ0) is 16.1. The van der Waals surface area contributed by atoms with Crippen molar-refractivity contribution in [3.05, 3.63) is 23.4 Å². The molecular formula is C12H15N6O4+. The molecular weight excluding hydrogens is 292 g/mol. The Morgan fingerprint density at radius 1 is 1.32 bits per heavy atom. The van der Waals surface area contributed by atoms with Crippen molar-refractivity contribution in [1.29, 1.82) is 0 Å². The highest BCUT2D eigenvalue weighted by atomic mass is 16.6. The summed E-state index contributed by atoms with van der Waals surface area (Å²) in [6, 6.07) is 3.17. The highest BCUT2D eigenvalue weighted by Crippen LogP contribution is 2.36. The van der Waals surface area contributed by atoms with E-state index in [-0.39, 0.29) is 34.6 Å². The molecule has 1 aromatic heterocycles. The standard InChI is InChI=1S/C12H14N6O4/c1-20-7-3-6(4-8(21-2)10(7)19)5-15-16-11(13)9-12(14)18-22-17-9/h3-5,19H,1-2H3,(H2,13,16)(H2,14,18)/p+1. The molecule has 0 spiro atoms. The third-order valence-electron chi connectivity index (χ3n) is 2.67. The van der Waals surface area contributed by atoms with E-state index in [2.05, 4.69) is 25.1 Å². The molecule has 0 saturated carbocycles. The lowest BCUT2D eigenvalue weighted by Crippen LogP contribution is -2.63. The van der Waals surface area contributed by atoms with Gasteiger partial charge in [0.15, 0.2) is 23.0 Å². The first kappa shape index (κ1) is 15.1. The summed E-state index contributed by atoms with van der Waals surface area (Å²) in [6.45, 7) is 0. The number of nitrogens with one attached hydrogen (secondary N) is 1. The maximum absolute atomic E-state index is 9.81. The van der Waals surface area contributed by atoms with Crippen molar-refractivity contribution >= 4 is 17.9 Å². The molecule has 0 fully saturated rings. The molecule has 1 heterocycles. The van der Waals surface area contributed by atoms with E-state index < -0.39 is 0 Å². The molecule has 0 unspecified atom stereocenters. The van der Waals surface area contributed by atoms with Crippen LogP contribution in [0.4, 0.5) is 5.82 Å². The number of rotatable bonds is 5. The van der Waals surface area contributed by atoms with E-state index in [4.69, 9.17) is 20.9 Å². The van der Waals surface area contributed by atoms with Gasteiger partial charge in [0, 0.05) is 10.7 Å². The Morgan fingerprint density at radius 2 is 1.95 bits per heavy atom. The van der Waals surface area contributed by atoms with Crippen molar-refractivity contribution in [2.45, 2.75) is 0 Å². The molecule has 0 atom stereocenters. The Balaban J connectivity index is 2.25. The van der Waals surface area contributed by atoms with Gasteiger partial charge in [0.25, 0.3) is 0 Å². The number of ether oxygens (including phenoxy) is 2. The fourth-order valence-corrected chi connectivity index (χ4v) is 1.60. The molecule has 0 bridgehead atoms. The molecule has 0 amide bonds. The predicted octanol–water partition coefficient (Wildman–Crippen LogP) is -1.81. The van der Waals surface area contributed by atoms with E-state index in [1.807, 2.05) is 0 Å². The second-order valence-corrected chi connectivity index (χ2v) is 4.04. The number of hydrogen-bond donors (Lipinski definition) is 4. The number of nitrogens with zero attached hydrogens (tertiary/aromatic N) is 3. The van der Waals surface area contributed by atoms with Crippen molar-refractivity contribution < 1.29 is 24.3 Å². The molecule has 0 radical (unpaired) electrons. The molecule has 10 heteroatoms. The summed E-state index contributed by atoms with van der Waals surface area (Å²) in [7, 11) is 2.87. The minimum atomic E-state index is -0.0911. The van der Waals surface area contributed by atoms with Crippen molar-refractivity contribution in [2.24, 2.45) is 10.8 Å². The average molecular weight is 307 g/mol. The number of benzene rings is 1. The van der Waals surface area contributed by atoms with Gasteiger partial charge in [-0.15, -0.1) is 5.10 Å². The van der Waals surface area contributed by atoms with Crippen LogP contribution in [0.15, 0.2) is 21.9 Å².